The molecular weight excluding hydrogens is 362 g/mol. The Hall–Kier alpha value is -3.60. The van der Waals surface area contributed by atoms with Crippen LogP contribution in [0.3, 0.4) is 0 Å². The molecule has 0 spiro atoms. The highest BCUT2D eigenvalue weighted by Gasteiger charge is 2.15. The molecule has 0 radical (unpaired) electrons. The standard InChI is InChI=1S/C24H23N3O2/c1-5-21-18(4)25-24-22(29-15-20-16(2)9-8-10-17(20)3)13-19(14-27(21)24)26-12-7-6-11-23(26)28/h5-14H,1,15H2,2-4H3. The summed E-state index contributed by atoms with van der Waals surface area (Å²) in [6, 6.07) is 13.2. The van der Waals surface area contributed by atoms with E-state index in [4.69, 9.17) is 4.74 Å². The Kier molecular flexibility index (Phi) is 4.80. The minimum Gasteiger partial charge on any atom is -0.485 e. The SMILES string of the molecule is C=Cc1c(C)nc2c(OCc3c(C)cccc3C)cc(-n3ccccc3=O)cn12. The molecule has 4 rings (SSSR count). The number of rotatable bonds is 5. The Morgan fingerprint density at radius 2 is 1.86 bits per heavy atom. The van der Waals surface area contributed by atoms with Gasteiger partial charge in [0, 0.05) is 24.5 Å². The Morgan fingerprint density at radius 1 is 1.10 bits per heavy atom. The largest absolute Gasteiger partial charge is 0.485 e. The van der Waals surface area contributed by atoms with Crippen LogP contribution in [-0.4, -0.2) is 14.0 Å². The fraction of sp³-hybridized carbons (Fsp3) is 0.167. The van der Waals surface area contributed by atoms with E-state index in [0.717, 1.165) is 17.0 Å². The normalized spacial score (nSPS) is 11.0. The number of benzene rings is 1. The molecule has 0 aliphatic carbocycles. The van der Waals surface area contributed by atoms with Crippen LogP contribution in [-0.2, 0) is 6.61 Å². The van der Waals surface area contributed by atoms with E-state index in [1.54, 1.807) is 22.9 Å². The highest BCUT2D eigenvalue weighted by molar-refractivity contribution is 5.64. The maximum atomic E-state index is 12.4. The van der Waals surface area contributed by atoms with E-state index in [1.807, 2.05) is 35.7 Å². The van der Waals surface area contributed by atoms with Crippen molar-refractivity contribution in [2.45, 2.75) is 27.4 Å². The molecule has 0 saturated carbocycles. The summed E-state index contributed by atoms with van der Waals surface area (Å²) in [4.78, 5) is 17.1. The summed E-state index contributed by atoms with van der Waals surface area (Å²) >= 11 is 0. The first-order chi connectivity index (χ1) is 14.0. The van der Waals surface area contributed by atoms with Crippen LogP contribution in [0, 0.1) is 20.8 Å². The van der Waals surface area contributed by atoms with Crippen molar-refractivity contribution in [1.29, 1.82) is 0 Å². The van der Waals surface area contributed by atoms with Gasteiger partial charge in [0.25, 0.3) is 5.56 Å². The van der Waals surface area contributed by atoms with E-state index in [1.165, 1.54) is 17.2 Å². The molecule has 3 heterocycles. The Bertz CT molecular complexity index is 1260. The molecule has 5 heteroatoms. The molecule has 0 N–H and O–H groups in total. The van der Waals surface area contributed by atoms with Gasteiger partial charge >= 0.3 is 0 Å². The maximum absolute atomic E-state index is 12.4. The van der Waals surface area contributed by atoms with E-state index < -0.39 is 0 Å². The van der Waals surface area contributed by atoms with Crippen LogP contribution < -0.4 is 10.3 Å². The summed E-state index contributed by atoms with van der Waals surface area (Å²) < 4.78 is 9.77. The third kappa shape index (κ3) is 3.36. The molecule has 5 nitrogen and oxygen atoms in total. The fourth-order valence-electron chi connectivity index (χ4n) is 3.58. The van der Waals surface area contributed by atoms with Gasteiger partial charge in [-0.3, -0.25) is 13.8 Å². The van der Waals surface area contributed by atoms with Crippen LogP contribution in [0.25, 0.3) is 17.4 Å². The van der Waals surface area contributed by atoms with Crippen LogP contribution in [0.15, 0.2) is 66.2 Å². The first kappa shape index (κ1) is 18.7. The van der Waals surface area contributed by atoms with Crippen LogP contribution in [0.2, 0.25) is 0 Å². The van der Waals surface area contributed by atoms with Crippen molar-refractivity contribution in [3.63, 3.8) is 0 Å². The van der Waals surface area contributed by atoms with Gasteiger partial charge in [-0.05, 0) is 49.6 Å². The van der Waals surface area contributed by atoms with Gasteiger partial charge < -0.3 is 4.74 Å². The predicted octanol–water partition coefficient (Wildman–Crippen LogP) is 4.63. The van der Waals surface area contributed by atoms with Gasteiger partial charge in [0.05, 0.1) is 17.1 Å². The summed E-state index contributed by atoms with van der Waals surface area (Å²) in [5, 5.41) is 0. The lowest BCUT2D eigenvalue weighted by Gasteiger charge is -2.14. The minimum absolute atomic E-state index is 0.107. The first-order valence-corrected chi connectivity index (χ1v) is 9.50. The van der Waals surface area contributed by atoms with E-state index in [0.29, 0.717) is 23.7 Å². The van der Waals surface area contributed by atoms with E-state index >= 15 is 0 Å². The second kappa shape index (κ2) is 7.43. The molecule has 1 aromatic carbocycles. The summed E-state index contributed by atoms with van der Waals surface area (Å²) in [6.45, 7) is 10.4. The molecular formula is C24H23N3O2. The molecule has 3 aromatic heterocycles. The van der Waals surface area contributed by atoms with Crippen molar-refractivity contribution in [3.05, 3.63) is 99.9 Å². The van der Waals surface area contributed by atoms with E-state index in [-0.39, 0.29) is 5.56 Å². The Labute approximate surface area is 169 Å². The molecule has 0 fully saturated rings. The average Bonchev–Trinajstić information content (AvgIpc) is 3.03. The summed E-state index contributed by atoms with van der Waals surface area (Å²) in [7, 11) is 0. The lowest BCUT2D eigenvalue weighted by atomic mass is 10.0. The number of imidazole rings is 1. The number of pyridine rings is 2. The molecule has 0 bridgehead atoms. The number of hydrogen-bond donors (Lipinski definition) is 0. The van der Waals surface area contributed by atoms with Crippen molar-refractivity contribution in [2.75, 3.05) is 0 Å². The van der Waals surface area contributed by atoms with Gasteiger partial charge in [0.15, 0.2) is 11.4 Å². The minimum atomic E-state index is -0.107. The quantitative estimate of drug-likeness (QED) is 0.503. The summed E-state index contributed by atoms with van der Waals surface area (Å²) in [5.41, 5.74) is 6.56. The molecule has 0 atom stereocenters. The molecule has 29 heavy (non-hydrogen) atoms. The van der Waals surface area contributed by atoms with E-state index in [2.05, 4.69) is 37.5 Å². The number of nitrogens with zero attached hydrogens (tertiary/aromatic N) is 3. The molecule has 0 unspecified atom stereocenters. The highest BCUT2D eigenvalue weighted by atomic mass is 16.5. The smallest absolute Gasteiger partial charge is 0.255 e. The number of aryl methyl sites for hydroxylation is 3. The molecule has 0 aliphatic heterocycles. The Morgan fingerprint density at radius 3 is 2.55 bits per heavy atom. The zero-order valence-electron chi connectivity index (χ0n) is 16.8. The lowest BCUT2D eigenvalue weighted by Crippen LogP contribution is -2.16. The maximum Gasteiger partial charge on any atom is 0.255 e. The van der Waals surface area contributed by atoms with Crippen molar-refractivity contribution in [3.8, 4) is 11.4 Å². The zero-order valence-corrected chi connectivity index (χ0v) is 16.8. The molecule has 0 saturated heterocycles. The van der Waals surface area contributed by atoms with Crippen LogP contribution in [0.1, 0.15) is 28.1 Å². The molecule has 4 aromatic rings. The predicted molar refractivity (Wildman–Crippen MR) is 116 cm³/mol. The van der Waals surface area contributed by atoms with Crippen molar-refractivity contribution >= 4 is 11.7 Å². The highest BCUT2D eigenvalue weighted by Crippen LogP contribution is 2.27. The summed E-state index contributed by atoms with van der Waals surface area (Å²) in [5.74, 6) is 0.622. The molecule has 146 valence electrons. The average molecular weight is 385 g/mol. The van der Waals surface area contributed by atoms with Crippen LogP contribution in [0.5, 0.6) is 5.75 Å². The lowest BCUT2D eigenvalue weighted by molar-refractivity contribution is 0.306. The van der Waals surface area contributed by atoms with Crippen molar-refractivity contribution in [1.82, 2.24) is 14.0 Å². The fourth-order valence-corrected chi connectivity index (χ4v) is 3.58. The molecule has 0 aliphatic rings. The monoisotopic (exact) mass is 385 g/mol. The number of fused-ring (bicyclic) bond motifs is 1. The van der Waals surface area contributed by atoms with Crippen molar-refractivity contribution < 1.29 is 4.74 Å². The van der Waals surface area contributed by atoms with Gasteiger partial charge in [-0.2, -0.15) is 0 Å². The van der Waals surface area contributed by atoms with Crippen LogP contribution >= 0.6 is 0 Å². The van der Waals surface area contributed by atoms with Gasteiger partial charge in [-0.25, -0.2) is 4.98 Å². The van der Waals surface area contributed by atoms with E-state index in [9.17, 15) is 4.79 Å². The molecule has 0 amide bonds. The van der Waals surface area contributed by atoms with Gasteiger partial charge in [-0.1, -0.05) is 30.8 Å². The van der Waals surface area contributed by atoms with Gasteiger partial charge in [0.1, 0.15) is 6.61 Å². The second-order valence-electron chi connectivity index (χ2n) is 7.11. The number of hydrogen-bond acceptors (Lipinski definition) is 3. The van der Waals surface area contributed by atoms with Crippen molar-refractivity contribution in [2.24, 2.45) is 0 Å². The van der Waals surface area contributed by atoms with Gasteiger partial charge in [-0.15, -0.1) is 0 Å². The number of aromatic nitrogens is 3. The summed E-state index contributed by atoms with van der Waals surface area (Å²) in [6.07, 6.45) is 5.40. The topological polar surface area (TPSA) is 48.5 Å². The zero-order chi connectivity index (χ0) is 20.5. The Balaban J connectivity index is 1.87. The van der Waals surface area contributed by atoms with Crippen LogP contribution in [0.4, 0.5) is 0 Å². The second-order valence-corrected chi connectivity index (χ2v) is 7.11. The van der Waals surface area contributed by atoms with Gasteiger partial charge in [0.2, 0.25) is 0 Å². The third-order valence-electron chi connectivity index (χ3n) is 5.20. The first-order valence-electron chi connectivity index (χ1n) is 9.50. The third-order valence-corrected chi connectivity index (χ3v) is 5.20. The number of ether oxygens (including phenoxy) is 1.